The van der Waals surface area contributed by atoms with Gasteiger partial charge in [0.1, 0.15) is 5.82 Å². The topological polar surface area (TPSA) is 60.6 Å². The van der Waals surface area contributed by atoms with Gasteiger partial charge in [0.05, 0.1) is 18.4 Å². The first-order valence-electron chi connectivity index (χ1n) is 7.13. The van der Waals surface area contributed by atoms with E-state index in [1.54, 1.807) is 11.0 Å². The summed E-state index contributed by atoms with van der Waals surface area (Å²) in [6.45, 7) is 0.664. The molecule has 21 heavy (non-hydrogen) atoms. The Bertz CT molecular complexity index is 725. The molecule has 0 saturated heterocycles. The smallest absolute Gasteiger partial charge is 0.169 e. The number of benzene rings is 1. The van der Waals surface area contributed by atoms with E-state index in [-0.39, 0.29) is 0 Å². The largest absolute Gasteiger partial charge is 0.360 e. The molecule has 0 bridgehead atoms. The number of nitrogens with zero attached hydrogens (tertiary/aromatic N) is 5. The second kappa shape index (κ2) is 5.05. The van der Waals surface area contributed by atoms with E-state index < -0.39 is 0 Å². The first-order valence-corrected chi connectivity index (χ1v) is 7.13. The SMILES string of the molecule is c1ccc(-n2ncc(NCc3nccn3C3CC3)n2)cc1. The standard InChI is InChI=1S/C15H16N6/c1-2-4-13(5-3-1)21-18-10-14(19-21)17-11-15-16-8-9-20(15)12-6-7-12/h1-5,8-10,12H,6-7,11H2,(H,17,19). The highest BCUT2D eigenvalue weighted by Crippen LogP contribution is 2.35. The number of aromatic nitrogens is 5. The highest BCUT2D eigenvalue weighted by atomic mass is 15.5. The van der Waals surface area contributed by atoms with Crippen molar-refractivity contribution in [3.63, 3.8) is 0 Å². The maximum absolute atomic E-state index is 4.43. The predicted molar refractivity (Wildman–Crippen MR) is 79.2 cm³/mol. The van der Waals surface area contributed by atoms with Crippen LogP contribution in [0.3, 0.4) is 0 Å². The zero-order chi connectivity index (χ0) is 14.1. The Hall–Kier alpha value is -2.63. The number of hydrogen-bond acceptors (Lipinski definition) is 4. The summed E-state index contributed by atoms with van der Waals surface area (Å²) in [7, 11) is 0. The quantitative estimate of drug-likeness (QED) is 0.779. The van der Waals surface area contributed by atoms with E-state index in [0.717, 1.165) is 17.3 Å². The van der Waals surface area contributed by atoms with Crippen molar-refractivity contribution >= 4 is 5.82 Å². The van der Waals surface area contributed by atoms with Gasteiger partial charge in [-0.1, -0.05) is 18.2 Å². The van der Waals surface area contributed by atoms with Crippen LogP contribution in [0.15, 0.2) is 48.9 Å². The average Bonchev–Trinajstić information content (AvgIpc) is 3.09. The summed E-state index contributed by atoms with van der Waals surface area (Å²) in [6, 6.07) is 10.5. The van der Waals surface area contributed by atoms with E-state index in [1.807, 2.05) is 36.5 Å². The molecule has 2 aromatic heterocycles. The van der Waals surface area contributed by atoms with Crippen LogP contribution < -0.4 is 5.32 Å². The van der Waals surface area contributed by atoms with Crippen molar-refractivity contribution in [2.75, 3.05) is 5.32 Å². The summed E-state index contributed by atoms with van der Waals surface area (Å²) in [5, 5.41) is 12.0. The van der Waals surface area contributed by atoms with Crippen molar-refractivity contribution in [3.8, 4) is 5.69 Å². The average molecular weight is 280 g/mol. The molecule has 4 rings (SSSR count). The fraction of sp³-hybridized carbons (Fsp3) is 0.267. The minimum absolute atomic E-state index is 0.643. The van der Waals surface area contributed by atoms with Gasteiger partial charge >= 0.3 is 0 Å². The zero-order valence-electron chi connectivity index (χ0n) is 11.6. The molecule has 6 nitrogen and oxygen atoms in total. The molecule has 2 heterocycles. The lowest BCUT2D eigenvalue weighted by molar-refractivity contribution is 0.688. The van der Waals surface area contributed by atoms with Gasteiger partial charge in [-0.15, -0.1) is 9.90 Å². The molecule has 0 amide bonds. The van der Waals surface area contributed by atoms with Gasteiger partial charge in [-0.05, 0) is 25.0 Å². The molecular formula is C15H16N6. The van der Waals surface area contributed by atoms with Crippen LogP contribution in [0.1, 0.15) is 24.7 Å². The highest BCUT2D eigenvalue weighted by molar-refractivity contribution is 5.34. The minimum atomic E-state index is 0.643. The molecule has 1 saturated carbocycles. The summed E-state index contributed by atoms with van der Waals surface area (Å²) >= 11 is 0. The van der Waals surface area contributed by atoms with E-state index in [9.17, 15) is 0 Å². The van der Waals surface area contributed by atoms with Crippen LogP contribution >= 0.6 is 0 Å². The zero-order valence-corrected chi connectivity index (χ0v) is 11.6. The third kappa shape index (κ3) is 2.52. The summed E-state index contributed by atoms with van der Waals surface area (Å²) in [4.78, 5) is 6.02. The lowest BCUT2D eigenvalue weighted by Crippen LogP contribution is -2.08. The molecule has 0 aliphatic heterocycles. The fourth-order valence-corrected chi connectivity index (χ4v) is 2.37. The minimum Gasteiger partial charge on any atom is -0.360 e. The summed E-state index contributed by atoms with van der Waals surface area (Å²) in [5.74, 6) is 1.80. The lowest BCUT2D eigenvalue weighted by atomic mass is 10.3. The number of nitrogens with one attached hydrogen (secondary N) is 1. The number of para-hydroxylation sites is 1. The number of anilines is 1. The van der Waals surface area contributed by atoms with Crippen molar-refractivity contribution in [2.24, 2.45) is 0 Å². The van der Waals surface area contributed by atoms with Gasteiger partial charge in [0.2, 0.25) is 0 Å². The Labute approximate surface area is 122 Å². The van der Waals surface area contributed by atoms with Crippen molar-refractivity contribution in [2.45, 2.75) is 25.4 Å². The molecule has 0 unspecified atom stereocenters. The predicted octanol–water partition coefficient (Wildman–Crippen LogP) is 2.41. The monoisotopic (exact) mass is 280 g/mol. The van der Waals surface area contributed by atoms with Crippen LogP contribution in [0.4, 0.5) is 5.82 Å². The van der Waals surface area contributed by atoms with Gasteiger partial charge in [0, 0.05) is 18.4 Å². The highest BCUT2D eigenvalue weighted by Gasteiger charge is 2.25. The van der Waals surface area contributed by atoms with Crippen LogP contribution in [0, 0.1) is 0 Å². The third-order valence-corrected chi connectivity index (χ3v) is 3.60. The lowest BCUT2D eigenvalue weighted by Gasteiger charge is -2.06. The van der Waals surface area contributed by atoms with Crippen LogP contribution in [0.5, 0.6) is 0 Å². The van der Waals surface area contributed by atoms with E-state index >= 15 is 0 Å². The molecule has 1 aliphatic carbocycles. The van der Waals surface area contributed by atoms with E-state index in [2.05, 4.69) is 31.3 Å². The molecule has 3 aromatic rings. The fourth-order valence-electron chi connectivity index (χ4n) is 2.37. The van der Waals surface area contributed by atoms with Crippen LogP contribution in [0.2, 0.25) is 0 Å². The maximum Gasteiger partial charge on any atom is 0.169 e. The molecular weight excluding hydrogens is 264 g/mol. The van der Waals surface area contributed by atoms with Crippen molar-refractivity contribution in [1.29, 1.82) is 0 Å². The first kappa shape index (κ1) is 12.1. The summed E-state index contributed by atoms with van der Waals surface area (Å²) in [6.07, 6.45) is 8.16. The molecule has 1 fully saturated rings. The molecule has 0 spiro atoms. The van der Waals surface area contributed by atoms with Crippen molar-refractivity contribution < 1.29 is 0 Å². The van der Waals surface area contributed by atoms with Gasteiger partial charge in [-0.3, -0.25) is 0 Å². The maximum atomic E-state index is 4.43. The van der Waals surface area contributed by atoms with Crippen molar-refractivity contribution in [3.05, 3.63) is 54.7 Å². The first-order chi connectivity index (χ1) is 10.4. The number of hydrogen-bond donors (Lipinski definition) is 1. The van der Waals surface area contributed by atoms with Crippen molar-refractivity contribution in [1.82, 2.24) is 24.5 Å². The molecule has 6 heteroatoms. The second-order valence-corrected chi connectivity index (χ2v) is 5.19. The molecule has 1 aliphatic rings. The van der Waals surface area contributed by atoms with Gasteiger partial charge in [-0.25, -0.2) is 4.98 Å². The van der Waals surface area contributed by atoms with Crippen LogP contribution in [-0.2, 0) is 6.54 Å². The Morgan fingerprint density at radius 2 is 2.05 bits per heavy atom. The van der Waals surface area contributed by atoms with E-state index in [4.69, 9.17) is 0 Å². The Morgan fingerprint density at radius 3 is 2.86 bits per heavy atom. The molecule has 106 valence electrons. The molecule has 1 aromatic carbocycles. The number of rotatable bonds is 5. The van der Waals surface area contributed by atoms with E-state index in [1.165, 1.54) is 12.8 Å². The molecule has 1 N–H and O–H groups in total. The number of imidazole rings is 1. The van der Waals surface area contributed by atoms with Crippen LogP contribution in [-0.4, -0.2) is 24.5 Å². The van der Waals surface area contributed by atoms with Crippen LogP contribution in [0.25, 0.3) is 5.69 Å². The van der Waals surface area contributed by atoms with Gasteiger partial charge in [0.15, 0.2) is 5.82 Å². The normalized spacial score (nSPS) is 14.3. The van der Waals surface area contributed by atoms with E-state index in [0.29, 0.717) is 12.6 Å². The molecule has 0 radical (unpaired) electrons. The summed E-state index contributed by atoms with van der Waals surface area (Å²) < 4.78 is 2.24. The Kier molecular flexibility index (Phi) is 2.92. The van der Waals surface area contributed by atoms with Gasteiger partial charge in [0.25, 0.3) is 0 Å². The Morgan fingerprint density at radius 1 is 1.19 bits per heavy atom. The summed E-state index contributed by atoms with van der Waals surface area (Å²) in [5.41, 5.74) is 0.949. The van der Waals surface area contributed by atoms with Gasteiger partial charge < -0.3 is 9.88 Å². The third-order valence-electron chi connectivity index (χ3n) is 3.60. The molecule has 0 atom stereocenters. The van der Waals surface area contributed by atoms with Gasteiger partial charge in [-0.2, -0.15) is 5.10 Å². The Balaban J connectivity index is 1.46. The second-order valence-electron chi connectivity index (χ2n) is 5.19.